The van der Waals surface area contributed by atoms with E-state index in [1.165, 1.54) is 76.2 Å². The van der Waals surface area contributed by atoms with E-state index in [-0.39, 0.29) is 5.75 Å². The summed E-state index contributed by atoms with van der Waals surface area (Å²) in [7, 11) is 0. The monoisotopic (exact) mass is 446 g/mol. The highest BCUT2D eigenvalue weighted by Crippen LogP contribution is 2.43. The van der Waals surface area contributed by atoms with Crippen molar-refractivity contribution in [1.82, 2.24) is 15.1 Å². The molecule has 3 heterocycles. The van der Waals surface area contributed by atoms with Crippen molar-refractivity contribution in [1.29, 1.82) is 0 Å². The molecule has 32 heavy (non-hydrogen) atoms. The van der Waals surface area contributed by atoms with Crippen LogP contribution >= 0.6 is 0 Å². The van der Waals surface area contributed by atoms with Gasteiger partial charge in [-0.1, -0.05) is 18.6 Å². The molecule has 1 saturated carbocycles. The number of ether oxygens (including phenoxy) is 1. The molecule has 1 aromatic heterocycles. The van der Waals surface area contributed by atoms with Crippen molar-refractivity contribution < 1.29 is 17.9 Å². The predicted octanol–water partition coefficient (Wildman–Crippen LogP) is 5.28. The van der Waals surface area contributed by atoms with E-state index in [2.05, 4.69) is 24.7 Å². The van der Waals surface area contributed by atoms with Gasteiger partial charge in [0, 0.05) is 24.7 Å². The Morgan fingerprint density at radius 1 is 0.906 bits per heavy atom. The van der Waals surface area contributed by atoms with E-state index >= 15 is 0 Å². The standard InChI is InChI=1S/C24H29F3N4O/c25-24(26,27)32-20-6-1-3-18(17-20)21-7-8-22(29-28-21)31-15-11-23(12-16-31)9-13-30(14-10-23)19-4-2-5-19/h1,3,6-8,17,19H,2,4-5,9-16H2. The Labute approximate surface area is 186 Å². The summed E-state index contributed by atoms with van der Waals surface area (Å²) in [5, 5.41) is 8.65. The fourth-order valence-corrected chi connectivity index (χ4v) is 5.33. The average molecular weight is 447 g/mol. The Morgan fingerprint density at radius 2 is 1.62 bits per heavy atom. The Kier molecular flexibility index (Phi) is 5.73. The maximum atomic E-state index is 12.5. The highest BCUT2D eigenvalue weighted by atomic mass is 19.4. The van der Waals surface area contributed by atoms with Crippen molar-refractivity contribution in [2.45, 2.75) is 57.3 Å². The minimum Gasteiger partial charge on any atom is -0.406 e. The number of nitrogens with zero attached hydrogens (tertiary/aromatic N) is 4. The zero-order valence-corrected chi connectivity index (χ0v) is 18.2. The lowest BCUT2D eigenvalue weighted by molar-refractivity contribution is -0.274. The molecular weight excluding hydrogens is 417 g/mol. The minimum atomic E-state index is -4.71. The topological polar surface area (TPSA) is 41.5 Å². The summed E-state index contributed by atoms with van der Waals surface area (Å²) in [5.74, 6) is 0.573. The number of likely N-dealkylation sites (tertiary alicyclic amines) is 1. The molecule has 1 aliphatic carbocycles. The fourth-order valence-electron chi connectivity index (χ4n) is 5.33. The maximum Gasteiger partial charge on any atom is 0.573 e. The number of halogens is 3. The number of alkyl halides is 3. The summed E-state index contributed by atoms with van der Waals surface area (Å²) < 4.78 is 41.5. The zero-order chi connectivity index (χ0) is 22.2. The second-order valence-corrected chi connectivity index (χ2v) is 9.46. The molecule has 5 nitrogen and oxygen atoms in total. The van der Waals surface area contributed by atoms with Crippen molar-refractivity contribution in [3.05, 3.63) is 36.4 Å². The van der Waals surface area contributed by atoms with Gasteiger partial charge in [0.2, 0.25) is 0 Å². The molecule has 8 heteroatoms. The molecule has 0 unspecified atom stereocenters. The smallest absolute Gasteiger partial charge is 0.406 e. The van der Waals surface area contributed by atoms with Gasteiger partial charge in [-0.15, -0.1) is 23.4 Å². The van der Waals surface area contributed by atoms with Crippen molar-refractivity contribution in [3.8, 4) is 17.0 Å². The maximum absolute atomic E-state index is 12.5. The van der Waals surface area contributed by atoms with Crippen molar-refractivity contribution in [3.63, 3.8) is 0 Å². The van der Waals surface area contributed by atoms with Gasteiger partial charge in [-0.2, -0.15) is 0 Å². The van der Waals surface area contributed by atoms with Crippen LogP contribution < -0.4 is 9.64 Å². The van der Waals surface area contributed by atoms with Crippen LogP contribution in [-0.2, 0) is 0 Å². The van der Waals surface area contributed by atoms with Crippen LogP contribution in [-0.4, -0.2) is 53.7 Å². The van der Waals surface area contributed by atoms with E-state index in [0.717, 1.165) is 24.9 Å². The van der Waals surface area contributed by atoms with Crippen LogP contribution in [0.25, 0.3) is 11.3 Å². The molecule has 0 atom stereocenters. The first-order chi connectivity index (χ1) is 15.4. The number of piperidine rings is 2. The molecule has 2 saturated heterocycles. The summed E-state index contributed by atoms with van der Waals surface area (Å²) in [6, 6.07) is 10.4. The Morgan fingerprint density at radius 3 is 2.22 bits per heavy atom. The molecule has 0 radical (unpaired) electrons. The van der Waals surface area contributed by atoms with Gasteiger partial charge in [-0.05, 0) is 81.3 Å². The van der Waals surface area contributed by atoms with Crippen LogP contribution in [0.2, 0.25) is 0 Å². The summed E-state index contributed by atoms with van der Waals surface area (Å²) in [6.07, 6.45) is 4.43. The SMILES string of the molecule is FC(F)(F)Oc1cccc(-c2ccc(N3CCC4(CC3)CCN(C3CCC3)CC4)nn2)c1. The van der Waals surface area contributed by atoms with Crippen LogP contribution in [0.1, 0.15) is 44.9 Å². The van der Waals surface area contributed by atoms with Crippen LogP contribution in [0.4, 0.5) is 19.0 Å². The molecule has 1 aromatic carbocycles. The molecule has 5 rings (SSSR count). The van der Waals surface area contributed by atoms with E-state index in [4.69, 9.17) is 0 Å². The predicted molar refractivity (Wildman–Crippen MR) is 116 cm³/mol. The van der Waals surface area contributed by atoms with Gasteiger partial charge >= 0.3 is 6.36 Å². The second-order valence-electron chi connectivity index (χ2n) is 9.46. The molecule has 0 bridgehead atoms. The van der Waals surface area contributed by atoms with Crippen molar-refractivity contribution in [2.24, 2.45) is 5.41 Å². The van der Waals surface area contributed by atoms with E-state index in [9.17, 15) is 13.2 Å². The molecular formula is C24H29F3N4O. The Hall–Kier alpha value is -2.35. The lowest BCUT2D eigenvalue weighted by Crippen LogP contribution is -2.51. The van der Waals surface area contributed by atoms with Gasteiger partial charge in [0.1, 0.15) is 5.75 Å². The number of hydrogen-bond acceptors (Lipinski definition) is 5. The van der Waals surface area contributed by atoms with Gasteiger partial charge in [0.05, 0.1) is 5.69 Å². The minimum absolute atomic E-state index is 0.259. The molecule has 0 amide bonds. The van der Waals surface area contributed by atoms with Crippen LogP contribution in [0, 0.1) is 5.41 Å². The first kappa shape index (κ1) is 21.5. The Balaban J connectivity index is 1.18. The lowest BCUT2D eigenvalue weighted by atomic mass is 9.70. The highest BCUT2D eigenvalue weighted by molar-refractivity contribution is 5.61. The third-order valence-corrected chi connectivity index (χ3v) is 7.61. The molecule has 1 spiro atoms. The average Bonchev–Trinajstić information content (AvgIpc) is 2.74. The summed E-state index contributed by atoms with van der Waals surface area (Å²) >= 11 is 0. The molecule has 172 valence electrons. The third kappa shape index (κ3) is 4.70. The second kappa shape index (κ2) is 8.54. The van der Waals surface area contributed by atoms with Gasteiger partial charge in [-0.25, -0.2) is 0 Å². The highest BCUT2D eigenvalue weighted by Gasteiger charge is 2.40. The normalized spacial score (nSPS) is 22.0. The lowest BCUT2D eigenvalue weighted by Gasteiger charge is -2.50. The van der Waals surface area contributed by atoms with E-state index in [1.807, 2.05) is 12.1 Å². The first-order valence-electron chi connectivity index (χ1n) is 11.6. The van der Waals surface area contributed by atoms with Gasteiger partial charge in [0.15, 0.2) is 5.82 Å². The van der Waals surface area contributed by atoms with Crippen molar-refractivity contribution >= 4 is 5.82 Å². The van der Waals surface area contributed by atoms with E-state index < -0.39 is 6.36 Å². The molecule has 2 aliphatic heterocycles. The fraction of sp³-hybridized carbons (Fsp3) is 0.583. The molecule has 3 fully saturated rings. The van der Waals surface area contributed by atoms with E-state index in [0.29, 0.717) is 16.7 Å². The zero-order valence-electron chi connectivity index (χ0n) is 18.2. The van der Waals surface area contributed by atoms with Crippen LogP contribution in [0.3, 0.4) is 0 Å². The van der Waals surface area contributed by atoms with Gasteiger partial charge in [-0.3, -0.25) is 0 Å². The quantitative estimate of drug-likeness (QED) is 0.640. The van der Waals surface area contributed by atoms with Gasteiger partial charge < -0.3 is 14.5 Å². The number of aromatic nitrogens is 2. The molecule has 0 N–H and O–H groups in total. The summed E-state index contributed by atoms with van der Waals surface area (Å²) in [6.45, 7) is 4.45. The summed E-state index contributed by atoms with van der Waals surface area (Å²) in [4.78, 5) is 4.99. The van der Waals surface area contributed by atoms with Crippen LogP contribution in [0.15, 0.2) is 36.4 Å². The van der Waals surface area contributed by atoms with Crippen LogP contribution in [0.5, 0.6) is 5.75 Å². The number of anilines is 1. The largest absolute Gasteiger partial charge is 0.573 e. The number of hydrogen-bond donors (Lipinski definition) is 0. The molecule has 2 aromatic rings. The van der Waals surface area contributed by atoms with E-state index in [1.54, 1.807) is 6.07 Å². The number of rotatable bonds is 4. The third-order valence-electron chi connectivity index (χ3n) is 7.61. The first-order valence-corrected chi connectivity index (χ1v) is 11.6. The summed E-state index contributed by atoms with van der Waals surface area (Å²) in [5.41, 5.74) is 1.54. The number of benzene rings is 1. The van der Waals surface area contributed by atoms with Crippen molar-refractivity contribution in [2.75, 3.05) is 31.1 Å². The van der Waals surface area contributed by atoms with Gasteiger partial charge in [0.25, 0.3) is 0 Å². The Bertz CT molecular complexity index is 912. The molecule has 3 aliphatic rings.